The molecule has 0 atom stereocenters. The van der Waals surface area contributed by atoms with E-state index in [0.717, 1.165) is 20.3 Å². The molecule has 1 aromatic rings. The summed E-state index contributed by atoms with van der Waals surface area (Å²) < 4.78 is 12.0. The molecular weight excluding hydrogens is 392 g/mol. The maximum absolute atomic E-state index is 11.5. The fourth-order valence-electron chi connectivity index (χ4n) is 1.64. The van der Waals surface area contributed by atoms with Crippen LogP contribution in [0.1, 0.15) is 5.56 Å². The Morgan fingerprint density at radius 1 is 1.30 bits per heavy atom. The SMILES string of the molecule is COCCNC(=O)CNCc1cc(Br)cc(Br)c1OC. The zero-order valence-electron chi connectivity index (χ0n) is 11.5. The van der Waals surface area contributed by atoms with Crippen LogP contribution in [0.25, 0.3) is 0 Å². The Labute approximate surface area is 135 Å². The molecule has 0 aliphatic rings. The van der Waals surface area contributed by atoms with Gasteiger partial charge in [-0.25, -0.2) is 0 Å². The Kier molecular flexibility index (Phi) is 8.13. The van der Waals surface area contributed by atoms with Crippen LogP contribution in [0.5, 0.6) is 5.75 Å². The number of nitrogens with one attached hydrogen (secondary N) is 2. The van der Waals surface area contributed by atoms with E-state index in [1.807, 2.05) is 12.1 Å². The molecule has 0 aromatic heterocycles. The van der Waals surface area contributed by atoms with Crippen LogP contribution in [0.15, 0.2) is 21.1 Å². The summed E-state index contributed by atoms with van der Waals surface area (Å²) in [6.45, 7) is 1.82. The molecule has 20 heavy (non-hydrogen) atoms. The predicted octanol–water partition coefficient (Wildman–Crippen LogP) is 2.07. The minimum Gasteiger partial charge on any atom is -0.495 e. The van der Waals surface area contributed by atoms with Crippen LogP contribution in [0.2, 0.25) is 0 Å². The third kappa shape index (κ3) is 5.78. The summed E-state index contributed by atoms with van der Waals surface area (Å²) in [5, 5.41) is 5.83. The number of carbonyl (C=O) groups is 1. The van der Waals surface area contributed by atoms with E-state index < -0.39 is 0 Å². The van der Waals surface area contributed by atoms with Gasteiger partial charge in [0.2, 0.25) is 5.91 Å². The van der Waals surface area contributed by atoms with Gasteiger partial charge in [0, 0.05) is 30.2 Å². The monoisotopic (exact) mass is 408 g/mol. The molecule has 7 heteroatoms. The molecule has 2 N–H and O–H groups in total. The Morgan fingerprint density at radius 2 is 2.05 bits per heavy atom. The molecule has 112 valence electrons. The van der Waals surface area contributed by atoms with Crippen LogP contribution >= 0.6 is 31.9 Å². The van der Waals surface area contributed by atoms with Crippen LogP contribution in [-0.2, 0) is 16.1 Å². The number of benzene rings is 1. The molecule has 0 bridgehead atoms. The van der Waals surface area contributed by atoms with Crippen molar-refractivity contribution in [2.45, 2.75) is 6.54 Å². The topological polar surface area (TPSA) is 59.6 Å². The maximum atomic E-state index is 11.5. The lowest BCUT2D eigenvalue weighted by Crippen LogP contribution is -2.35. The molecule has 0 spiro atoms. The Hall–Kier alpha value is -0.630. The quantitative estimate of drug-likeness (QED) is 0.645. The van der Waals surface area contributed by atoms with Crippen molar-refractivity contribution in [1.29, 1.82) is 0 Å². The molecule has 1 rings (SSSR count). The standard InChI is InChI=1S/C13H18Br2N2O3/c1-19-4-3-17-12(18)8-16-7-9-5-10(14)6-11(15)13(9)20-2/h5-6,16H,3-4,7-8H2,1-2H3,(H,17,18). The number of halogens is 2. The van der Waals surface area contributed by atoms with Gasteiger partial charge in [0.15, 0.2) is 0 Å². The first-order valence-electron chi connectivity index (χ1n) is 6.06. The van der Waals surface area contributed by atoms with Gasteiger partial charge in [0.25, 0.3) is 0 Å². The van der Waals surface area contributed by atoms with Crippen LogP contribution in [-0.4, -0.2) is 39.8 Å². The van der Waals surface area contributed by atoms with Gasteiger partial charge in [-0.05, 0) is 28.1 Å². The molecule has 0 radical (unpaired) electrons. The van der Waals surface area contributed by atoms with Gasteiger partial charge in [0.05, 0.1) is 24.7 Å². The largest absolute Gasteiger partial charge is 0.495 e. The highest BCUT2D eigenvalue weighted by Gasteiger charge is 2.09. The van der Waals surface area contributed by atoms with Crippen molar-refractivity contribution in [2.24, 2.45) is 0 Å². The van der Waals surface area contributed by atoms with Gasteiger partial charge in [-0.3, -0.25) is 4.79 Å². The molecule has 0 heterocycles. The first-order valence-corrected chi connectivity index (χ1v) is 7.65. The summed E-state index contributed by atoms with van der Waals surface area (Å²) >= 11 is 6.88. The molecule has 1 amide bonds. The second-order valence-electron chi connectivity index (χ2n) is 4.03. The van der Waals surface area contributed by atoms with Crippen molar-refractivity contribution in [1.82, 2.24) is 10.6 Å². The molecule has 0 saturated carbocycles. The average molecular weight is 410 g/mol. The molecular formula is C13H18Br2N2O3. The van der Waals surface area contributed by atoms with Crippen molar-refractivity contribution in [2.75, 3.05) is 33.9 Å². The third-order valence-electron chi connectivity index (χ3n) is 2.52. The third-order valence-corrected chi connectivity index (χ3v) is 3.57. The molecule has 0 aliphatic heterocycles. The summed E-state index contributed by atoms with van der Waals surface area (Å²) in [6, 6.07) is 3.87. The fourth-order valence-corrected chi connectivity index (χ4v) is 3.11. The molecule has 0 unspecified atom stereocenters. The number of methoxy groups -OCH3 is 2. The summed E-state index contributed by atoms with van der Waals surface area (Å²) in [6.07, 6.45) is 0. The Balaban J connectivity index is 2.47. The first kappa shape index (κ1) is 17.4. The smallest absolute Gasteiger partial charge is 0.234 e. The van der Waals surface area contributed by atoms with Crippen molar-refractivity contribution in [3.8, 4) is 5.75 Å². The number of hydrogen-bond acceptors (Lipinski definition) is 4. The van der Waals surface area contributed by atoms with Crippen molar-refractivity contribution < 1.29 is 14.3 Å². The number of hydrogen-bond donors (Lipinski definition) is 2. The maximum Gasteiger partial charge on any atom is 0.234 e. The lowest BCUT2D eigenvalue weighted by atomic mass is 10.2. The predicted molar refractivity (Wildman–Crippen MR) is 85.0 cm³/mol. The molecule has 0 aliphatic carbocycles. The van der Waals surface area contributed by atoms with Gasteiger partial charge >= 0.3 is 0 Å². The zero-order chi connectivity index (χ0) is 15.0. The van der Waals surface area contributed by atoms with E-state index in [1.54, 1.807) is 14.2 Å². The van der Waals surface area contributed by atoms with E-state index in [0.29, 0.717) is 19.7 Å². The van der Waals surface area contributed by atoms with Gasteiger partial charge in [0.1, 0.15) is 5.75 Å². The summed E-state index contributed by atoms with van der Waals surface area (Å²) in [5.41, 5.74) is 0.971. The first-order chi connectivity index (χ1) is 9.58. The van der Waals surface area contributed by atoms with Crippen molar-refractivity contribution in [3.63, 3.8) is 0 Å². The highest BCUT2D eigenvalue weighted by atomic mass is 79.9. The minimum absolute atomic E-state index is 0.0601. The second-order valence-corrected chi connectivity index (χ2v) is 5.80. The van der Waals surface area contributed by atoms with Gasteiger partial charge in [-0.2, -0.15) is 0 Å². The summed E-state index contributed by atoms with van der Waals surface area (Å²) in [5.74, 6) is 0.704. The zero-order valence-corrected chi connectivity index (χ0v) is 14.6. The van der Waals surface area contributed by atoms with Crippen LogP contribution in [0, 0.1) is 0 Å². The molecule has 1 aromatic carbocycles. The van der Waals surface area contributed by atoms with Crippen molar-refractivity contribution >= 4 is 37.8 Å². The number of rotatable bonds is 8. The van der Waals surface area contributed by atoms with Gasteiger partial charge in [-0.15, -0.1) is 0 Å². The molecule has 0 saturated heterocycles. The lowest BCUT2D eigenvalue weighted by Gasteiger charge is -2.12. The fraction of sp³-hybridized carbons (Fsp3) is 0.462. The summed E-state index contributed by atoms with van der Waals surface area (Å²) in [4.78, 5) is 11.5. The van der Waals surface area contributed by atoms with Crippen LogP contribution in [0.4, 0.5) is 0 Å². The number of amides is 1. The van der Waals surface area contributed by atoms with E-state index in [4.69, 9.17) is 9.47 Å². The highest BCUT2D eigenvalue weighted by molar-refractivity contribution is 9.11. The number of carbonyl (C=O) groups excluding carboxylic acids is 1. The average Bonchev–Trinajstić information content (AvgIpc) is 2.38. The van der Waals surface area contributed by atoms with E-state index in [9.17, 15) is 4.79 Å². The van der Waals surface area contributed by atoms with E-state index in [2.05, 4.69) is 42.5 Å². The van der Waals surface area contributed by atoms with Gasteiger partial charge in [-0.1, -0.05) is 15.9 Å². The lowest BCUT2D eigenvalue weighted by molar-refractivity contribution is -0.120. The van der Waals surface area contributed by atoms with E-state index >= 15 is 0 Å². The molecule has 5 nitrogen and oxygen atoms in total. The second kappa shape index (κ2) is 9.33. The van der Waals surface area contributed by atoms with E-state index in [-0.39, 0.29) is 12.5 Å². The number of ether oxygens (including phenoxy) is 2. The van der Waals surface area contributed by atoms with E-state index in [1.165, 1.54) is 0 Å². The van der Waals surface area contributed by atoms with Crippen molar-refractivity contribution in [3.05, 3.63) is 26.6 Å². The van der Waals surface area contributed by atoms with Crippen LogP contribution < -0.4 is 15.4 Å². The Bertz CT molecular complexity index is 455. The Morgan fingerprint density at radius 3 is 2.70 bits per heavy atom. The summed E-state index contributed by atoms with van der Waals surface area (Å²) in [7, 11) is 3.22. The molecule has 0 fully saturated rings. The van der Waals surface area contributed by atoms with Gasteiger partial charge < -0.3 is 20.1 Å². The minimum atomic E-state index is -0.0601. The normalized spacial score (nSPS) is 10.4. The highest BCUT2D eigenvalue weighted by Crippen LogP contribution is 2.32. The van der Waals surface area contributed by atoms with Crippen LogP contribution in [0.3, 0.4) is 0 Å².